The van der Waals surface area contributed by atoms with Crippen LogP contribution in [0.2, 0.25) is 0 Å². The number of carbonyl (C=O) groups excluding carboxylic acids is 2. The molecule has 2 aliphatic heterocycles. The summed E-state index contributed by atoms with van der Waals surface area (Å²) in [5.74, 6) is -3.50. The van der Waals surface area contributed by atoms with E-state index in [0.717, 1.165) is 20.1 Å². The summed E-state index contributed by atoms with van der Waals surface area (Å²) in [4.78, 5) is 50.4. The zero-order valence-electron chi connectivity index (χ0n) is 25.8. The van der Waals surface area contributed by atoms with Crippen LogP contribution in [0, 0.1) is 11.8 Å². The van der Waals surface area contributed by atoms with Crippen LogP contribution in [0.4, 0.5) is 9.59 Å². The molecule has 240 valence electrons. The second kappa shape index (κ2) is 14.3. The van der Waals surface area contributed by atoms with Gasteiger partial charge in [-0.15, -0.1) is 0 Å². The number of amides is 2. The van der Waals surface area contributed by atoms with Crippen LogP contribution in [-0.2, 0) is 19.1 Å². The van der Waals surface area contributed by atoms with E-state index in [1.54, 1.807) is 41.5 Å². The number of carboxylic acid groups (broad SMARTS) is 2. The van der Waals surface area contributed by atoms with Crippen molar-refractivity contribution in [2.75, 3.05) is 26.2 Å². The number of carbonyl (C=O) groups is 4. The summed E-state index contributed by atoms with van der Waals surface area (Å²) in [7, 11) is 0. The maximum atomic E-state index is 12.2. The van der Waals surface area contributed by atoms with Gasteiger partial charge in [0, 0.05) is 47.0 Å². The Morgan fingerprint density at radius 3 is 1.27 bits per heavy atom. The Hall–Kier alpha value is -3.12. The molecule has 0 aliphatic carbocycles. The fourth-order valence-electron chi connectivity index (χ4n) is 5.21. The van der Waals surface area contributed by atoms with Gasteiger partial charge in [0.15, 0.2) is 0 Å². The van der Waals surface area contributed by atoms with Crippen LogP contribution in [0.15, 0.2) is 57.5 Å². The van der Waals surface area contributed by atoms with Gasteiger partial charge in [0.25, 0.3) is 0 Å². The lowest BCUT2D eigenvalue weighted by Crippen LogP contribution is -2.35. The molecular weight excluding hydrogens is 700 g/mol. The molecule has 0 saturated carbocycles. The molecule has 4 atom stereocenters. The molecule has 2 fully saturated rings. The van der Waals surface area contributed by atoms with E-state index < -0.39 is 47.2 Å². The molecule has 2 saturated heterocycles. The molecular formula is C32H40Br2N2O8. The molecule has 10 nitrogen and oxygen atoms in total. The molecule has 44 heavy (non-hydrogen) atoms. The summed E-state index contributed by atoms with van der Waals surface area (Å²) >= 11 is 6.79. The first-order valence-electron chi connectivity index (χ1n) is 14.3. The number of carboxylic acids is 2. The minimum atomic E-state index is -0.893. The zero-order chi connectivity index (χ0) is 33.0. The fraction of sp³-hybridized carbons (Fsp3) is 0.500. The predicted octanol–water partition coefficient (Wildman–Crippen LogP) is 6.97. The summed E-state index contributed by atoms with van der Waals surface area (Å²) < 4.78 is 12.5. The number of benzene rings is 2. The zero-order valence-corrected chi connectivity index (χ0v) is 28.9. The van der Waals surface area contributed by atoms with Gasteiger partial charge < -0.3 is 29.5 Å². The highest BCUT2D eigenvalue weighted by Gasteiger charge is 2.43. The quantitative estimate of drug-likeness (QED) is 0.344. The number of rotatable bonds is 4. The van der Waals surface area contributed by atoms with Crippen LogP contribution in [0.5, 0.6) is 0 Å². The molecule has 4 rings (SSSR count). The Morgan fingerprint density at radius 1 is 0.659 bits per heavy atom. The second-order valence-electron chi connectivity index (χ2n) is 13.0. The average Bonchev–Trinajstić information content (AvgIpc) is 3.53. The maximum Gasteiger partial charge on any atom is 0.410 e. The summed E-state index contributed by atoms with van der Waals surface area (Å²) in [5, 5.41) is 18.9. The lowest BCUT2D eigenvalue weighted by atomic mass is 9.89. The molecule has 0 radical (unpaired) electrons. The second-order valence-corrected chi connectivity index (χ2v) is 14.8. The van der Waals surface area contributed by atoms with Gasteiger partial charge in [-0.3, -0.25) is 9.59 Å². The molecule has 2 aromatic rings. The van der Waals surface area contributed by atoms with Crippen molar-refractivity contribution in [1.29, 1.82) is 0 Å². The van der Waals surface area contributed by atoms with Gasteiger partial charge in [-0.1, -0.05) is 56.1 Å². The van der Waals surface area contributed by atoms with Crippen molar-refractivity contribution in [2.45, 2.75) is 64.6 Å². The fourth-order valence-corrected chi connectivity index (χ4v) is 6.04. The molecule has 0 spiro atoms. The van der Waals surface area contributed by atoms with Gasteiger partial charge in [0.2, 0.25) is 0 Å². The predicted molar refractivity (Wildman–Crippen MR) is 172 cm³/mol. The van der Waals surface area contributed by atoms with Crippen molar-refractivity contribution >= 4 is 56.0 Å². The van der Waals surface area contributed by atoms with Gasteiger partial charge >= 0.3 is 24.1 Å². The summed E-state index contributed by atoms with van der Waals surface area (Å²) in [5.41, 5.74) is 0.633. The van der Waals surface area contributed by atoms with Gasteiger partial charge in [0.1, 0.15) is 11.2 Å². The molecule has 2 amide bonds. The Balaban J connectivity index is 0.000000240. The normalized spacial score (nSPS) is 21.7. The molecule has 0 aromatic heterocycles. The number of hydrogen-bond donors (Lipinski definition) is 2. The standard InChI is InChI=1S/2C16H20BrNO4/c2*1-16(2,3)22-15(21)18-8-12(13(9-18)14(19)20)10-5-4-6-11(17)7-10/h2*4-7,12-13H,8-9H2,1-3H3,(H,19,20)/t2*12-,13+/m10/s1. The Bertz CT molecular complexity index is 1270. The first-order valence-corrected chi connectivity index (χ1v) is 15.9. The van der Waals surface area contributed by atoms with E-state index in [0.29, 0.717) is 13.1 Å². The SMILES string of the molecule is CC(C)(C)OC(=O)N1C[C@@H](C(=O)O)[C@H](c2cccc(Br)c2)C1.CC(C)(C)OC(=O)N1C[C@H](C(=O)O)[C@@H](c2cccc(Br)c2)C1. The van der Waals surface area contributed by atoms with E-state index in [1.165, 1.54) is 9.80 Å². The molecule has 2 heterocycles. The van der Waals surface area contributed by atoms with Crippen molar-refractivity contribution in [1.82, 2.24) is 9.80 Å². The van der Waals surface area contributed by atoms with Crippen LogP contribution in [0.1, 0.15) is 64.5 Å². The Kier molecular flexibility index (Phi) is 11.5. The van der Waals surface area contributed by atoms with Crippen LogP contribution in [-0.4, -0.2) is 81.5 Å². The number of ether oxygens (including phenoxy) is 2. The minimum absolute atomic E-state index is 0.168. The van der Waals surface area contributed by atoms with Crippen molar-refractivity contribution in [3.8, 4) is 0 Å². The highest BCUT2D eigenvalue weighted by atomic mass is 79.9. The topological polar surface area (TPSA) is 134 Å². The summed E-state index contributed by atoms with van der Waals surface area (Å²) in [6, 6.07) is 15.1. The minimum Gasteiger partial charge on any atom is -0.481 e. The monoisotopic (exact) mass is 738 g/mol. The van der Waals surface area contributed by atoms with Crippen LogP contribution in [0.3, 0.4) is 0 Å². The molecule has 2 N–H and O–H groups in total. The molecule has 0 unspecified atom stereocenters. The number of hydrogen-bond acceptors (Lipinski definition) is 6. The first-order chi connectivity index (χ1) is 20.3. The van der Waals surface area contributed by atoms with Crippen molar-refractivity contribution in [2.24, 2.45) is 11.8 Å². The molecule has 0 bridgehead atoms. The van der Waals surface area contributed by atoms with Crippen molar-refractivity contribution in [3.05, 3.63) is 68.6 Å². The maximum absolute atomic E-state index is 12.2. The number of nitrogens with zero attached hydrogens (tertiary/aromatic N) is 2. The smallest absolute Gasteiger partial charge is 0.410 e. The first kappa shape index (κ1) is 35.4. The van der Waals surface area contributed by atoms with Gasteiger partial charge in [0.05, 0.1) is 11.8 Å². The lowest BCUT2D eigenvalue weighted by molar-refractivity contribution is -0.142. The molecule has 2 aliphatic rings. The third-order valence-corrected chi connectivity index (χ3v) is 8.12. The van der Waals surface area contributed by atoms with E-state index in [2.05, 4.69) is 31.9 Å². The highest BCUT2D eigenvalue weighted by molar-refractivity contribution is 9.10. The summed E-state index contributed by atoms with van der Waals surface area (Å²) in [6.45, 7) is 11.8. The van der Waals surface area contributed by atoms with E-state index in [9.17, 15) is 29.4 Å². The van der Waals surface area contributed by atoms with Crippen molar-refractivity contribution < 1.29 is 38.9 Å². The van der Waals surface area contributed by atoms with E-state index in [4.69, 9.17) is 9.47 Å². The van der Waals surface area contributed by atoms with Crippen LogP contribution in [0.25, 0.3) is 0 Å². The highest BCUT2D eigenvalue weighted by Crippen LogP contribution is 2.36. The van der Waals surface area contributed by atoms with Gasteiger partial charge in [-0.2, -0.15) is 0 Å². The number of halogens is 2. The van der Waals surface area contributed by atoms with E-state index >= 15 is 0 Å². The van der Waals surface area contributed by atoms with Gasteiger partial charge in [-0.25, -0.2) is 9.59 Å². The largest absolute Gasteiger partial charge is 0.481 e. The van der Waals surface area contributed by atoms with Crippen LogP contribution < -0.4 is 0 Å². The third kappa shape index (κ3) is 9.95. The Morgan fingerprint density at radius 2 is 1.00 bits per heavy atom. The van der Waals surface area contributed by atoms with E-state index in [1.807, 2.05) is 48.5 Å². The van der Waals surface area contributed by atoms with Crippen molar-refractivity contribution in [3.63, 3.8) is 0 Å². The molecule has 12 heteroatoms. The van der Waals surface area contributed by atoms with Gasteiger partial charge in [-0.05, 0) is 76.9 Å². The third-order valence-electron chi connectivity index (χ3n) is 7.13. The van der Waals surface area contributed by atoms with Crippen LogP contribution >= 0.6 is 31.9 Å². The number of aliphatic carboxylic acids is 2. The lowest BCUT2D eigenvalue weighted by Gasteiger charge is -2.24. The van der Waals surface area contributed by atoms with E-state index in [-0.39, 0.29) is 24.9 Å². The molecule has 2 aromatic carbocycles. The Labute approximate surface area is 274 Å². The summed E-state index contributed by atoms with van der Waals surface area (Å²) in [6.07, 6.45) is -0.924. The average molecular weight is 740 g/mol. The number of likely N-dealkylation sites (tertiary alicyclic amines) is 2.